The number of amides is 1. The molecule has 2 rings (SSSR count). The third kappa shape index (κ3) is 5.88. The van der Waals surface area contributed by atoms with Gasteiger partial charge in [0.2, 0.25) is 10.0 Å². The molecule has 9 nitrogen and oxygen atoms in total. The van der Waals surface area contributed by atoms with E-state index in [-0.39, 0.29) is 11.3 Å². The van der Waals surface area contributed by atoms with Crippen molar-refractivity contribution in [2.75, 3.05) is 37.1 Å². The zero-order chi connectivity index (χ0) is 20.7. The van der Waals surface area contributed by atoms with E-state index in [2.05, 4.69) is 10.0 Å². The smallest absolute Gasteiger partial charge is 0.340 e. The fraction of sp³-hybridized carbons (Fsp3) is 0.222. The van der Waals surface area contributed by atoms with Crippen molar-refractivity contribution in [2.45, 2.75) is 0 Å². The van der Waals surface area contributed by atoms with Crippen LogP contribution in [0, 0.1) is 0 Å². The number of benzene rings is 2. The predicted octanol–water partition coefficient (Wildman–Crippen LogP) is 1.87. The number of anilines is 2. The van der Waals surface area contributed by atoms with E-state index in [9.17, 15) is 18.0 Å². The molecule has 28 heavy (non-hydrogen) atoms. The molecule has 0 aliphatic carbocycles. The van der Waals surface area contributed by atoms with Crippen molar-refractivity contribution in [1.29, 1.82) is 0 Å². The maximum absolute atomic E-state index is 12.2. The summed E-state index contributed by atoms with van der Waals surface area (Å²) in [5.74, 6) is -0.483. The highest BCUT2D eigenvalue weighted by Crippen LogP contribution is 2.29. The molecule has 0 unspecified atom stereocenters. The summed E-state index contributed by atoms with van der Waals surface area (Å²) in [6.07, 6.45) is 0.964. The number of hydrogen-bond acceptors (Lipinski definition) is 7. The Hall–Kier alpha value is -3.27. The summed E-state index contributed by atoms with van der Waals surface area (Å²) >= 11 is 0. The Labute approximate surface area is 162 Å². The standard InChI is InChI=1S/C18H20N2O7S/c1-25-15-9-8-12(10-16(15)26-2)19-17(21)11-27-18(22)13-6-4-5-7-14(13)20-28(3,23)24/h4-10,20H,11H2,1-3H3,(H,19,21). The zero-order valence-corrected chi connectivity index (χ0v) is 16.3. The Balaban J connectivity index is 2.01. The summed E-state index contributed by atoms with van der Waals surface area (Å²) in [7, 11) is -0.619. The minimum absolute atomic E-state index is 0.00755. The van der Waals surface area contributed by atoms with Crippen LogP contribution in [0.2, 0.25) is 0 Å². The summed E-state index contributed by atoms with van der Waals surface area (Å²) in [4.78, 5) is 24.3. The number of esters is 1. The second-order valence-corrected chi connectivity index (χ2v) is 7.36. The minimum Gasteiger partial charge on any atom is -0.493 e. The third-order valence-electron chi connectivity index (χ3n) is 3.44. The van der Waals surface area contributed by atoms with E-state index >= 15 is 0 Å². The normalized spacial score (nSPS) is 10.7. The lowest BCUT2D eigenvalue weighted by atomic mass is 10.2. The fourth-order valence-corrected chi connectivity index (χ4v) is 2.85. The van der Waals surface area contributed by atoms with Gasteiger partial charge in [0.1, 0.15) is 0 Å². The molecule has 0 aromatic heterocycles. The van der Waals surface area contributed by atoms with Crippen LogP contribution >= 0.6 is 0 Å². The van der Waals surface area contributed by atoms with Gasteiger partial charge < -0.3 is 19.5 Å². The first-order chi connectivity index (χ1) is 13.2. The zero-order valence-electron chi connectivity index (χ0n) is 15.5. The number of para-hydroxylation sites is 1. The highest BCUT2D eigenvalue weighted by atomic mass is 32.2. The van der Waals surface area contributed by atoms with Gasteiger partial charge in [0.15, 0.2) is 18.1 Å². The predicted molar refractivity (Wildman–Crippen MR) is 103 cm³/mol. The number of rotatable bonds is 8. The molecule has 0 saturated heterocycles. The Kier molecular flexibility index (Phi) is 6.83. The molecule has 0 fully saturated rings. The van der Waals surface area contributed by atoms with E-state index in [0.717, 1.165) is 6.26 Å². The van der Waals surface area contributed by atoms with Crippen molar-refractivity contribution in [2.24, 2.45) is 0 Å². The molecule has 0 spiro atoms. The summed E-state index contributed by atoms with van der Waals surface area (Å²) in [5, 5.41) is 2.56. The van der Waals surface area contributed by atoms with E-state index in [1.807, 2.05) is 0 Å². The molecule has 2 aromatic carbocycles. The van der Waals surface area contributed by atoms with Crippen LogP contribution in [0.15, 0.2) is 42.5 Å². The van der Waals surface area contributed by atoms with Crippen molar-refractivity contribution in [1.82, 2.24) is 0 Å². The first-order valence-electron chi connectivity index (χ1n) is 7.99. The van der Waals surface area contributed by atoms with Gasteiger partial charge in [-0.15, -0.1) is 0 Å². The van der Waals surface area contributed by atoms with E-state index in [4.69, 9.17) is 14.2 Å². The van der Waals surface area contributed by atoms with Crippen molar-refractivity contribution >= 4 is 33.3 Å². The van der Waals surface area contributed by atoms with Gasteiger partial charge >= 0.3 is 5.97 Å². The third-order valence-corrected chi connectivity index (χ3v) is 4.03. The lowest BCUT2D eigenvalue weighted by molar-refractivity contribution is -0.119. The molecule has 0 radical (unpaired) electrons. The molecule has 1 amide bonds. The van der Waals surface area contributed by atoms with E-state index in [0.29, 0.717) is 17.2 Å². The number of carbonyl (C=O) groups is 2. The Morgan fingerprint density at radius 2 is 1.68 bits per heavy atom. The van der Waals surface area contributed by atoms with Crippen LogP contribution in [-0.4, -0.2) is 47.4 Å². The first-order valence-corrected chi connectivity index (χ1v) is 9.88. The van der Waals surface area contributed by atoms with Gasteiger partial charge in [-0.3, -0.25) is 9.52 Å². The average molecular weight is 408 g/mol. The van der Waals surface area contributed by atoms with Gasteiger partial charge in [-0.2, -0.15) is 0 Å². The minimum atomic E-state index is -3.58. The van der Waals surface area contributed by atoms with E-state index in [1.54, 1.807) is 30.3 Å². The number of hydrogen-bond donors (Lipinski definition) is 2. The first kappa shape index (κ1) is 21.0. The molecular weight excluding hydrogens is 388 g/mol. The fourth-order valence-electron chi connectivity index (χ4n) is 2.27. The molecule has 0 atom stereocenters. The Morgan fingerprint density at radius 3 is 2.32 bits per heavy atom. The monoisotopic (exact) mass is 408 g/mol. The molecule has 0 aliphatic rings. The van der Waals surface area contributed by atoms with Crippen molar-refractivity contribution in [3.8, 4) is 11.5 Å². The number of nitrogens with one attached hydrogen (secondary N) is 2. The van der Waals surface area contributed by atoms with Gasteiger partial charge in [0.25, 0.3) is 5.91 Å². The number of methoxy groups -OCH3 is 2. The second kappa shape index (κ2) is 9.09. The van der Waals surface area contributed by atoms with Crippen molar-refractivity contribution in [3.63, 3.8) is 0 Å². The SMILES string of the molecule is COc1ccc(NC(=O)COC(=O)c2ccccc2NS(C)(=O)=O)cc1OC. The quantitative estimate of drug-likeness (QED) is 0.640. The molecule has 0 bridgehead atoms. The molecule has 0 heterocycles. The molecular formula is C18H20N2O7S. The average Bonchev–Trinajstić information content (AvgIpc) is 2.65. The van der Waals surface area contributed by atoms with Gasteiger partial charge in [0.05, 0.1) is 31.7 Å². The summed E-state index contributed by atoms with van der Waals surface area (Å²) in [6.45, 7) is -0.555. The second-order valence-electron chi connectivity index (χ2n) is 5.61. The molecule has 2 N–H and O–H groups in total. The van der Waals surface area contributed by atoms with Crippen LogP contribution in [0.5, 0.6) is 11.5 Å². The van der Waals surface area contributed by atoms with Crippen LogP contribution in [0.4, 0.5) is 11.4 Å². The van der Waals surface area contributed by atoms with E-state index < -0.39 is 28.5 Å². The van der Waals surface area contributed by atoms with Gasteiger partial charge in [-0.1, -0.05) is 12.1 Å². The number of carbonyl (C=O) groups excluding carboxylic acids is 2. The molecule has 0 aliphatic heterocycles. The van der Waals surface area contributed by atoms with Crippen LogP contribution in [0.3, 0.4) is 0 Å². The van der Waals surface area contributed by atoms with Crippen LogP contribution in [0.1, 0.15) is 10.4 Å². The van der Waals surface area contributed by atoms with Crippen molar-refractivity contribution in [3.05, 3.63) is 48.0 Å². The topological polar surface area (TPSA) is 120 Å². The van der Waals surface area contributed by atoms with Crippen molar-refractivity contribution < 1.29 is 32.2 Å². The Bertz CT molecular complexity index is 974. The lowest BCUT2D eigenvalue weighted by Crippen LogP contribution is -2.22. The Morgan fingerprint density at radius 1 is 1.00 bits per heavy atom. The molecule has 150 valence electrons. The van der Waals surface area contributed by atoms with Gasteiger partial charge in [-0.05, 0) is 24.3 Å². The van der Waals surface area contributed by atoms with Crippen LogP contribution in [-0.2, 0) is 19.6 Å². The molecule has 10 heteroatoms. The number of ether oxygens (including phenoxy) is 3. The highest BCUT2D eigenvalue weighted by molar-refractivity contribution is 7.92. The number of sulfonamides is 1. The molecule has 0 saturated carbocycles. The summed E-state index contributed by atoms with van der Waals surface area (Å²) < 4.78 is 40.3. The lowest BCUT2D eigenvalue weighted by Gasteiger charge is -2.12. The highest BCUT2D eigenvalue weighted by Gasteiger charge is 2.16. The maximum atomic E-state index is 12.2. The summed E-state index contributed by atoms with van der Waals surface area (Å²) in [6, 6.07) is 10.7. The summed E-state index contributed by atoms with van der Waals surface area (Å²) in [5.41, 5.74) is 0.486. The van der Waals surface area contributed by atoms with E-state index in [1.165, 1.54) is 26.4 Å². The van der Waals surface area contributed by atoms with Gasteiger partial charge in [0, 0.05) is 11.8 Å². The maximum Gasteiger partial charge on any atom is 0.340 e. The van der Waals surface area contributed by atoms with Crippen LogP contribution in [0.25, 0.3) is 0 Å². The molecule has 2 aromatic rings. The van der Waals surface area contributed by atoms with Crippen LogP contribution < -0.4 is 19.5 Å². The largest absolute Gasteiger partial charge is 0.493 e. The van der Waals surface area contributed by atoms with Gasteiger partial charge in [-0.25, -0.2) is 13.2 Å².